The summed E-state index contributed by atoms with van der Waals surface area (Å²) in [5.74, 6) is 0. The Labute approximate surface area is 73.0 Å². The van der Waals surface area contributed by atoms with E-state index in [2.05, 4.69) is 17.6 Å². The van der Waals surface area contributed by atoms with Gasteiger partial charge >= 0.3 is 0 Å². The molecule has 0 amide bonds. The third kappa shape index (κ3) is 2.43. The van der Waals surface area contributed by atoms with Crippen molar-refractivity contribution in [2.45, 2.75) is 6.92 Å². The van der Waals surface area contributed by atoms with E-state index in [4.69, 9.17) is 5.73 Å². The zero-order chi connectivity index (χ0) is 8.81. The monoisotopic (exact) mass is 165 g/mol. The van der Waals surface area contributed by atoms with Gasteiger partial charge in [-0.25, -0.2) is 0 Å². The van der Waals surface area contributed by atoms with E-state index in [0.29, 0.717) is 0 Å². The maximum absolute atomic E-state index is 5.71. The molecule has 0 aliphatic rings. The minimum atomic E-state index is 0.755. The van der Waals surface area contributed by atoms with Gasteiger partial charge < -0.3 is 16.4 Å². The van der Waals surface area contributed by atoms with Crippen molar-refractivity contribution in [3.63, 3.8) is 0 Å². The molecule has 0 heterocycles. The summed E-state index contributed by atoms with van der Waals surface area (Å²) in [7, 11) is 0. The zero-order valence-electron chi connectivity index (χ0n) is 7.30. The molecule has 1 aromatic rings. The van der Waals surface area contributed by atoms with E-state index < -0.39 is 0 Å². The number of rotatable bonds is 4. The highest BCUT2D eigenvalue weighted by Crippen LogP contribution is 2.15. The Hall–Kier alpha value is -1.22. The third-order valence-electron chi connectivity index (χ3n) is 1.61. The van der Waals surface area contributed by atoms with Crippen LogP contribution >= 0.6 is 0 Å². The number of nitrogens with two attached hydrogens (primary N) is 1. The van der Waals surface area contributed by atoms with Crippen LogP contribution in [-0.2, 0) is 0 Å². The van der Waals surface area contributed by atoms with Crippen molar-refractivity contribution < 1.29 is 0 Å². The van der Waals surface area contributed by atoms with E-state index in [1.807, 2.05) is 24.3 Å². The fourth-order valence-electron chi connectivity index (χ4n) is 0.941. The van der Waals surface area contributed by atoms with Gasteiger partial charge in [0, 0.05) is 0 Å². The first kappa shape index (κ1) is 8.87. The van der Waals surface area contributed by atoms with Crippen molar-refractivity contribution in [3.05, 3.63) is 24.3 Å². The molecule has 0 aliphatic heterocycles. The summed E-state index contributed by atoms with van der Waals surface area (Å²) in [4.78, 5) is 0. The fraction of sp³-hybridized carbons (Fsp3) is 0.333. The number of hydrogen-bond donors (Lipinski definition) is 3. The van der Waals surface area contributed by atoms with Gasteiger partial charge in [0.25, 0.3) is 0 Å². The van der Waals surface area contributed by atoms with Crippen LogP contribution in [0.1, 0.15) is 6.92 Å². The van der Waals surface area contributed by atoms with Crippen LogP contribution < -0.4 is 16.4 Å². The van der Waals surface area contributed by atoms with E-state index >= 15 is 0 Å². The summed E-state index contributed by atoms with van der Waals surface area (Å²) >= 11 is 0. The largest absolute Gasteiger partial charge is 0.397 e. The molecule has 0 saturated carbocycles. The quantitative estimate of drug-likeness (QED) is 0.357. The normalized spacial score (nSPS) is 9.75. The van der Waals surface area contributed by atoms with Crippen molar-refractivity contribution in [3.8, 4) is 0 Å². The first-order chi connectivity index (χ1) is 5.84. The molecule has 0 fully saturated rings. The molecule has 0 atom stereocenters. The molecule has 3 heteroatoms. The highest BCUT2D eigenvalue weighted by atomic mass is 15.1. The van der Waals surface area contributed by atoms with Crippen molar-refractivity contribution >= 4 is 11.4 Å². The lowest BCUT2D eigenvalue weighted by Crippen LogP contribution is -2.21. The summed E-state index contributed by atoms with van der Waals surface area (Å²) < 4.78 is 0. The second-order valence-corrected chi connectivity index (χ2v) is 2.54. The van der Waals surface area contributed by atoms with Gasteiger partial charge in [0.15, 0.2) is 0 Å². The Kier molecular flexibility index (Phi) is 3.41. The van der Waals surface area contributed by atoms with Crippen LogP contribution in [0.25, 0.3) is 0 Å². The van der Waals surface area contributed by atoms with Gasteiger partial charge in [-0.3, -0.25) is 0 Å². The number of benzene rings is 1. The Balaban J connectivity index is 2.46. The van der Waals surface area contributed by atoms with Crippen LogP contribution in [0.5, 0.6) is 0 Å². The van der Waals surface area contributed by atoms with Gasteiger partial charge in [-0.2, -0.15) is 0 Å². The van der Waals surface area contributed by atoms with Crippen LogP contribution in [0.3, 0.4) is 0 Å². The van der Waals surface area contributed by atoms with Crippen LogP contribution in [0.4, 0.5) is 11.4 Å². The molecule has 0 radical (unpaired) electrons. The average Bonchev–Trinajstić information content (AvgIpc) is 2.09. The molecule has 4 N–H and O–H groups in total. The number of anilines is 2. The fourth-order valence-corrected chi connectivity index (χ4v) is 0.941. The smallest absolute Gasteiger partial charge is 0.0653 e. The predicted octanol–water partition coefficient (Wildman–Crippen LogP) is 1.25. The van der Waals surface area contributed by atoms with E-state index in [-0.39, 0.29) is 0 Å². The second-order valence-electron chi connectivity index (χ2n) is 2.54. The SMILES string of the molecule is CCNCNc1ccccc1N. The molecule has 0 aliphatic carbocycles. The Morgan fingerprint density at radius 1 is 1.33 bits per heavy atom. The summed E-state index contributed by atoms with van der Waals surface area (Å²) in [5.41, 5.74) is 7.48. The maximum Gasteiger partial charge on any atom is 0.0653 e. The van der Waals surface area contributed by atoms with Gasteiger partial charge in [0.1, 0.15) is 0 Å². The lowest BCUT2D eigenvalue weighted by Gasteiger charge is -2.08. The Morgan fingerprint density at radius 3 is 2.75 bits per heavy atom. The second kappa shape index (κ2) is 4.62. The van der Waals surface area contributed by atoms with Gasteiger partial charge in [0.2, 0.25) is 0 Å². The van der Waals surface area contributed by atoms with Crippen molar-refractivity contribution in [1.82, 2.24) is 5.32 Å². The van der Waals surface area contributed by atoms with Crippen LogP contribution in [0.2, 0.25) is 0 Å². The molecule has 0 aromatic heterocycles. The molecule has 3 nitrogen and oxygen atoms in total. The first-order valence-electron chi connectivity index (χ1n) is 4.13. The molecular weight excluding hydrogens is 150 g/mol. The summed E-state index contributed by atoms with van der Waals surface area (Å²) in [6, 6.07) is 7.74. The standard InChI is InChI=1S/C9H15N3/c1-2-11-7-12-9-6-4-3-5-8(9)10/h3-6,11-12H,2,7,10H2,1H3. The summed E-state index contributed by atoms with van der Waals surface area (Å²) in [5, 5.41) is 6.34. The van der Waals surface area contributed by atoms with Crippen LogP contribution in [-0.4, -0.2) is 13.2 Å². The third-order valence-corrected chi connectivity index (χ3v) is 1.61. The number of hydrogen-bond acceptors (Lipinski definition) is 3. The molecular formula is C9H15N3. The molecule has 0 unspecified atom stereocenters. The summed E-state index contributed by atoms with van der Waals surface area (Å²) in [6.07, 6.45) is 0. The topological polar surface area (TPSA) is 50.1 Å². The Bertz CT molecular complexity index is 235. The van der Waals surface area contributed by atoms with E-state index in [1.165, 1.54) is 0 Å². The molecule has 0 bridgehead atoms. The van der Waals surface area contributed by atoms with E-state index in [1.54, 1.807) is 0 Å². The molecule has 66 valence electrons. The molecule has 0 spiro atoms. The number of nitrogen functional groups attached to an aromatic ring is 1. The zero-order valence-corrected chi connectivity index (χ0v) is 7.30. The van der Waals surface area contributed by atoms with E-state index in [0.717, 1.165) is 24.6 Å². The lowest BCUT2D eigenvalue weighted by atomic mass is 10.3. The van der Waals surface area contributed by atoms with Crippen molar-refractivity contribution in [2.24, 2.45) is 0 Å². The average molecular weight is 165 g/mol. The van der Waals surface area contributed by atoms with Gasteiger partial charge in [0.05, 0.1) is 18.0 Å². The van der Waals surface area contributed by atoms with E-state index in [9.17, 15) is 0 Å². The minimum absolute atomic E-state index is 0.755. The highest BCUT2D eigenvalue weighted by Gasteiger charge is 1.93. The molecule has 1 rings (SSSR count). The molecule has 1 aromatic carbocycles. The minimum Gasteiger partial charge on any atom is -0.397 e. The molecule has 12 heavy (non-hydrogen) atoms. The van der Waals surface area contributed by atoms with Gasteiger partial charge in [-0.15, -0.1) is 0 Å². The van der Waals surface area contributed by atoms with Crippen molar-refractivity contribution in [2.75, 3.05) is 24.3 Å². The van der Waals surface area contributed by atoms with Gasteiger partial charge in [-0.1, -0.05) is 19.1 Å². The predicted molar refractivity (Wildman–Crippen MR) is 53.0 cm³/mol. The number of nitrogens with one attached hydrogen (secondary N) is 2. The Morgan fingerprint density at radius 2 is 2.08 bits per heavy atom. The first-order valence-corrected chi connectivity index (χ1v) is 4.13. The van der Waals surface area contributed by atoms with Crippen LogP contribution in [0, 0.1) is 0 Å². The number of para-hydroxylation sites is 2. The highest BCUT2D eigenvalue weighted by molar-refractivity contribution is 5.65. The van der Waals surface area contributed by atoms with Crippen LogP contribution in [0.15, 0.2) is 24.3 Å². The molecule has 0 saturated heterocycles. The summed E-state index contributed by atoms with van der Waals surface area (Å²) in [6.45, 7) is 3.78. The maximum atomic E-state index is 5.71. The van der Waals surface area contributed by atoms with Crippen molar-refractivity contribution in [1.29, 1.82) is 0 Å². The lowest BCUT2D eigenvalue weighted by molar-refractivity contribution is 0.771. The van der Waals surface area contributed by atoms with Gasteiger partial charge in [-0.05, 0) is 18.7 Å².